The van der Waals surface area contributed by atoms with Gasteiger partial charge in [0, 0.05) is 42.6 Å². The number of hydrogen-bond acceptors (Lipinski definition) is 8. The molecule has 0 bridgehead atoms. The first-order chi connectivity index (χ1) is 26.5. The predicted octanol–water partition coefficient (Wildman–Crippen LogP) is 8.08. The molecular weight excluding hydrogens is 695 g/mol. The highest BCUT2D eigenvalue weighted by Crippen LogP contribution is 2.43. The van der Waals surface area contributed by atoms with E-state index in [1.54, 1.807) is 21.3 Å². The van der Waals surface area contributed by atoms with E-state index >= 15 is 0 Å². The van der Waals surface area contributed by atoms with E-state index in [2.05, 4.69) is 51.1 Å². The number of unbranched alkanes of at least 4 members (excludes halogenated alkanes) is 2. The van der Waals surface area contributed by atoms with Gasteiger partial charge in [0.15, 0.2) is 0 Å². The molecule has 2 fully saturated rings. The predicted molar refractivity (Wildman–Crippen MR) is 225 cm³/mol. The summed E-state index contributed by atoms with van der Waals surface area (Å²) in [6.45, 7) is 20.9. The zero-order valence-corrected chi connectivity index (χ0v) is 34.4. The molecule has 2 saturated carbocycles. The van der Waals surface area contributed by atoms with Crippen LogP contribution in [0, 0.1) is 17.8 Å². The molecule has 11 heteroatoms. The third kappa shape index (κ3) is 17.3. The maximum Gasteiger partial charge on any atom is 0.245 e. The Morgan fingerprint density at radius 1 is 1.04 bits per heavy atom. The minimum atomic E-state index is -0.603. The Kier molecular flexibility index (Phi) is 25.8. The molecule has 0 spiro atoms. The molecule has 3 amide bonds. The normalized spacial score (nSPS) is 16.2. The Morgan fingerprint density at radius 3 is 2.11 bits per heavy atom. The Hall–Kier alpha value is -5.03. The third-order valence-electron chi connectivity index (χ3n) is 9.31. The van der Waals surface area contributed by atoms with E-state index in [4.69, 9.17) is 25.1 Å². The van der Waals surface area contributed by atoms with Gasteiger partial charge in [0.05, 0.1) is 25.4 Å². The van der Waals surface area contributed by atoms with Crippen LogP contribution < -0.4 is 25.9 Å². The van der Waals surface area contributed by atoms with Gasteiger partial charge < -0.3 is 24.9 Å². The number of nitrogens with zero attached hydrogens (tertiary/aromatic N) is 2. The summed E-state index contributed by atoms with van der Waals surface area (Å²) < 4.78 is 10.7. The number of carbonyl (C=O) groups is 4. The topological polar surface area (TPSA) is 153 Å². The molecule has 2 aromatic carbocycles. The highest BCUT2D eigenvalue weighted by atomic mass is 16.5. The van der Waals surface area contributed by atoms with Gasteiger partial charge >= 0.3 is 0 Å². The number of hydrazine groups is 1. The summed E-state index contributed by atoms with van der Waals surface area (Å²) in [7, 11) is 4.95. The maximum absolute atomic E-state index is 12.0. The van der Waals surface area contributed by atoms with Gasteiger partial charge in [-0.25, -0.2) is 10.8 Å². The number of amides is 3. The fourth-order valence-corrected chi connectivity index (χ4v) is 5.57. The summed E-state index contributed by atoms with van der Waals surface area (Å²) in [6.07, 6.45) is 11.8. The van der Waals surface area contributed by atoms with Crippen LogP contribution in [-0.4, -0.2) is 68.4 Å². The van der Waals surface area contributed by atoms with Crippen LogP contribution in [-0.2, 0) is 19.2 Å². The summed E-state index contributed by atoms with van der Waals surface area (Å²) >= 11 is 0. The highest BCUT2D eigenvalue weighted by molar-refractivity contribution is 5.95. The van der Waals surface area contributed by atoms with Crippen LogP contribution in [0.3, 0.4) is 0 Å². The van der Waals surface area contributed by atoms with Crippen molar-refractivity contribution >= 4 is 35.9 Å². The second-order valence-corrected chi connectivity index (χ2v) is 13.5. The Bertz CT molecular complexity index is 1540. The van der Waals surface area contributed by atoms with Crippen molar-refractivity contribution < 1.29 is 28.7 Å². The average Bonchev–Trinajstić information content (AvgIpc) is 3.57. The van der Waals surface area contributed by atoms with Crippen molar-refractivity contribution in [3.63, 3.8) is 0 Å². The second-order valence-electron chi connectivity index (χ2n) is 13.5. The number of rotatable bonds is 13. The Morgan fingerprint density at radius 2 is 1.64 bits per heavy atom. The molecule has 4 N–H and O–H groups in total. The first kappa shape index (κ1) is 50.0. The van der Waals surface area contributed by atoms with Crippen LogP contribution in [0.2, 0.25) is 0 Å². The monoisotopic (exact) mass is 762 g/mol. The molecule has 0 saturated heterocycles. The van der Waals surface area contributed by atoms with E-state index in [1.165, 1.54) is 6.42 Å². The number of aromatic nitrogens is 1. The fourth-order valence-electron chi connectivity index (χ4n) is 5.57. The SMILES string of the molecule is C=C.C=CCCCCN(N)C=O.C=O.CCC(C)C.CNC(=O)[C@@]1(NC(=O)C2CCCC2)CC1C.COc1ccc2c(OC)cc(-c3ccccc3)nc2c1. The van der Waals surface area contributed by atoms with Gasteiger partial charge in [0.25, 0.3) is 0 Å². The van der Waals surface area contributed by atoms with Crippen LogP contribution in [0.25, 0.3) is 22.2 Å². The molecule has 55 heavy (non-hydrogen) atoms. The summed E-state index contributed by atoms with van der Waals surface area (Å²) in [5.74, 6) is 8.10. The standard InChI is InChI=1S/C17H15NO2.C12H20N2O2.C7H14N2O.C5H12.C2H4.CH2O/c1-19-13-8-9-14-16(10-13)18-15(11-17(14)20-2)12-6-4-3-5-7-12;1-8-7-12(8,11(16)13-2)14-10(15)9-5-3-4-6-9;1-2-3-4-5-6-9(8)7-10;1-4-5(2)3;2*1-2/h3-11H,1-2H3;8-9H,3-7H2,1-2H3,(H,13,16)(H,14,15);2,7H,1,3-6,8H2;5H,4H2,1-3H3;1-2H2;1H2/t;8?,12-;;;;/m.1..../s1. The second kappa shape index (κ2) is 28.4. The molecule has 2 aliphatic carbocycles. The smallest absolute Gasteiger partial charge is 0.245 e. The molecule has 0 aliphatic heterocycles. The molecule has 11 nitrogen and oxygen atoms in total. The molecule has 1 aromatic heterocycles. The van der Waals surface area contributed by atoms with Crippen LogP contribution >= 0.6 is 0 Å². The van der Waals surface area contributed by atoms with E-state index in [0.29, 0.717) is 13.0 Å². The van der Waals surface area contributed by atoms with E-state index < -0.39 is 5.54 Å². The first-order valence-corrected chi connectivity index (χ1v) is 19.0. The molecular formula is C44H67N5O6. The van der Waals surface area contributed by atoms with Crippen molar-refractivity contribution in [3.8, 4) is 22.8 Å². The van der Waals surface area contributed by atoms with Gasteiger partial charge in [-0.3, -0.25) is 19.4 Å². The lowest BCUT2D eigenvalue weighted by molar-refractivity contribution is -0.132. The number of carbonyl (C=O) groups excluding carboxylic acids is 4. The van der Waals surface area contributed by atoms with Gasteiger partial charge in [-0.15, -0.1) is 19.7 Å². The number of fused-ring (bicyclic) bond motifs is 1. The number of likely N-dealkylation sites (N-methyl/N-ethyl adjacent to an activating group) is 1. The van der Waals surface area contributed by atoms with E-state index in [1.807, 2.05) is 74.4 Å². The van der Waals surface area contributed by atoms with Crippen molar-refractivity contribution in [3.05, 3.63) is 80.4 Å². The van der Waals surface area contributed by atoms with Crippen LogP contribution in [0.1, 0.15) is 85.5 Å². The van der Waals surface area contributed by atoms with Gasteiger partial charge in [-0.2, -0.15) is 0 Å². The van der Waals surface area contributed by atoms with Crippen LogP contribution in [0.4, 0.5) is 0 Å². The zero-order chi connectivity index (χ0) is 41.8. The van der Waals surface area contributed by atoms with Crippen molar-refractivity contribution in [2.75, 3.05) is 27.8 Å². The summed E-state index contributed by atoms with van der Waals surface area (Å²) in [5, 5.41) is 7.73. The van der Waals surface area contributed by atoms with Crippen molar-refractivity contribution in [1.29, 1.82) is 0 Å². The number of benzene rings is 2. The number of allylic oxidation sites excluding steroid dienone is 1. The van der Waals surface area contributed by atoms with Gasteiger partial charge in [-0.1, -0.05) is 83.4 Å². The first-order valence-electron chi connectivity index (χ1n) is 19.0. The van der Waals surface area contributed by atoms with E-state index in [0.717, 1.165) is 96.0 Å². The van der Waals surface area contributed by atoms with Gasteiger partial charge in [0.1, 0.15) is 23.8 Å². The summed E-state index contributed by atoms with van der Waals surface area (Å²) in [5.41, 5.74) is 2.22. The highest BCUT2D eigenvalue weighted by Gasteiger charge is 2.58. The Labute approximate surface area is 330 Å². The number of pyridine rings is 1. The molecule has 3 aromatic rings. The lowest BCUT2D eigenvalue weighted by Gasteiger charge is -2.19. The minimum absolute atomic E-state index is 0.0497. The number of ether oxygens (including phenoxy) is 2. The molecule has 2 aliphatic rings. The largest absolute Gasteiger partial charge is 0.497 e. The number of methoxy groups -OCH3 is 2. The molecule has 1 unspecified atom stereocenters. The minimum Gasteiger partial charge on any atom is -0.497 e. The maximum atomic E-state index is 12.0. The van der Waals surface area contributed by atoms with Gasteiger partial charge in [-0.05, 0) is 62.5 Å². The Balaban J connectivity index is 0.000000746. The molecule has 5 rings (SSSR count). The summed E-state index contributed by atoms with van der Waals surface area (Å²) in [6, 6.07) is 17.8. The van der Waals surface area contributed by atoms with Crippen LogP contribution in [0.15, 0.2) is 80.4 Å². The molecule has 2 atom stereocenters. The third-order valence-corrected chi connectivity index (χ3v) is 9.31. The summed E-state index contributed by atoms with van der Waals surface area (Å²) in [4.78, 5) is 46.4. The van der Waals surface area contributed by atoms with E-state index in [-0.39, 0.29) is 23.7 Å². The van der Waals surface area contributed by atoms with Crippen molar-refractivity contribution in [1.82, 2.24) is 20.6 Å². The van der Waals surface area contributed by atoms with Gasteiger partial charge in [0.2, 0.25) is 18.2 Å². The number of nitrogens with two attached hydrogens (primary N) is 1. The number of nitrogens with one attached hydrogen (secondary N) is 2. The molecule has 304 valence electrons. The number of hydrogen-bond donors (Lipinski definition) is 3. The average molecular weight is 762 g/mol. The lowest BCUT2D eigenvalue weighted by Crippen LogP contribution is -2.50. The van der Waals surface area contributed by atoms with Crippen LogP contribution in [0.5, 0.6) is 11.5 Å². The molecule has 0 radical (unpaired) electrons. The lowest BCUT2D eigenvalue weighted by atomic mass is 10.1. The van der Waals surface area contributed by atoms with E-state index in [9.17, 15) is 14.4 Å². The molecule has 1 heterocycles. The van der Waals surface area contributed by atoms with Crippen molar-refractivity contribution in [2.45, 2.75) is 91.0 Å². The van der Waals surface area contributed by atoms with Crippen molar-refractivity contribution in [2.24, 2.45) is 23.6 Å². The quantitative estimate of drug-likeness (QED) is 0.0395. The zero-order valence-electron chi connectivity index (χ0n) is 34.4. The fraction of sp³-hybridized carbons (Fsp3) is 0.477.